The summed E-state index contributed by atoms with van der Waals surface area (Å²) in [6.45, 7) is 0. The topological polar surface area (TPSA) is 75.0 Å². The molecule has 1 aromatic carbocycles. The number of fused-ring (bicyclic) bond motifs is 2. The molecule has 0 aliphatic heterocycles. The Balaban J connectivity index is 1.66. The number of aryl methyl sites for hydroxylation is 1. The molecule has 1 aliphatic carbocycles. The highest BCUT2D eigenvalue weighted by molar-refractivity contribution is 7.15. The first-order valence-corrected chi connectivity index (χ1v) is 8.55. The second-order valence-electron chi connectivity index (χ2n) is 5.95. The van der Waals surface area contributed by atoms with E-state index in [4.69, 9.17) is 5.73 Å². The van der Waals surface area contributed by atoms with Crippen molar-refractivity contribution in [2.24, 2.45) is 0 Å². The maximum Gasteiger partial charge on any atom is 0.235 e. The summed E-state index contributed by atoms with van der Waals surface area (Å²) in [5.41, 5.74) is 8.64. The maximum atomic E-state index is 13.0. The van der Waals surface area contributed by atoms with Crippen LogP contribution in [-0.4, -0.2) is 22.9 Å². The van der Waals surface area contributed by atoms with E-state index in [0.717, 1.165) is 41.5 Å². The molecule has 23 heavy (non-hydrogen) atoms. The van der Waals surface area contributed by atoms with Crippen molar-refractivity contribution in [2.45, 2.75) is 25.2 Å². The molecule has 0 bridgehead atoms. The lowest BCUT2D eigenvalue weighted by molar-refractivity contribution is -0.120. The standard InChI is InChI=1S/C17H18N4OS/c1-21(11-6-5-10-7-8-19-13(10)9-11)16(22)12-3-2-4-14-15(12)20-17(18)23-14/h5-9,12,19H,2-4H2,1H3,(H2,18,20). The van der Waals surface area contributed by atoms with Crippen molar-refractivity contribution in [3.8, 4) is 0 Å². The maximum absolute atomic E-state index is 13.0. The lowest BCUT2D eigenvalue weighted by Gasteiger charge is -2.26. The molecule has 0 saturated carbocycles. The second-order valence-corrected chi connectivity index (χ2v) is 7.07. The van der Waals surface area contributed by atoms with Crippen LogP contribution in [0.4, 0.5) is 10.8 Å². The lowest BCUT2D eigenvalue weighted by Crippen LogP contribution is -2.33. The molecule has 0 radical (unpaired) electrons. The van der Waals surface area contributed by atoms with Gasteiger partial charge in [-0.25, -0.2) is 4.98 Å². The highest BCUT2D eigenvalue weighted by atomic mass is 32.1. The molecule has 1 aliphatic rings. The second kappa shape index (κ2) is 5.38. The van der Waals surface area contributed by atoms with Crippen molar-refractivity contribution < 1.29 is 4.79 Å². The number of amides is 1. The zero-order valence-electron chi connectivity index (χ0n) is 12.9. The SMILES string of the molecule is CN(C(=O)C1CCCc2sc(N)nc21)c1ccc2cc[nH]c2c1. The van der Waals surface area contributed by atoms with Crippen LogP contribution < -0.4 is 10.6 Å². The third-order valence-electron chi connectivity index (χ3n) is 4.53. The fourth-order valence-electron chi connectivity index (χ4n) is 3.28. The summed E-state index contributed by atoms with van der Waals surface area (Å²) < 4.78 is 0. The number of nitrogen functional groups attached to an aromatic ring is 1. The molecule has 0 spiro atoms. The van der Waals surface area contributed by atoms with Crippen molar-refractivity contribution in [2.75, 3.05) is 17.7 Å². The molecular formula is C17H18N4OS. The molecule has 5 nitrogen and oxygen atoms in total. The fraction of sp³-hybridized carbons (Fsp3) is 0.294. The van der Waals surface area contributed by atoms with Gasteiger partial charge < -0.3 is 15.6 Å². The minimum atomic E-state index is -0.184. The number of likely N-dealkylation sites (N-methyl/N-ethyl adjacent to an activating group) is 1. The van der Waals surface area contributed by atoms with E-state index in [1.54, 1.807) is 4.90 Å². The minimum absolute atomic E-state index is 0.0853. The Kier molecular flexibility index (Phi) is 3.34. The summed E-state index contributed by atoms with van der Waals surface area (Å²) in [7, 11) is 1.83. The third kappa shape index (κ3) is 2.39. The highest BCUT2D eigenvalue weighted by Crippen LogP contribution is 2.37. The largest absolute Gasteiger partial charge is 0.375 e. The van der Waals surface area contributed by atoms with Gasteiger partial charge in [0.2, 0.25) is 5.91 Å². The van der Waals surface area contributed by atoms with Gasteiger partial charge in [0.15, 0.2) is 5.13 Å². The number of aromatic nitrogens is 2. The first-order valence-electron chi connectivity index (χ1n) is 7.73. The number of nitrogens with zero attached hydrogens (tertiary/aromatic N) is 2. The number of carbonyl (C=O) groups excluding carboxylic acids is 1. The van der Waals surface area contributed by atoms with E-state index >= 15 is 0 Å². The van der Waals surface area contributed by atoms with Gasteiger partial charge in [0.25, 0.3) is 0 Å². The Hall–Kier alpha value is -2.34. The summed E-state index contributed by atoms with van der Waals surface area (Å²) in [4.78, 5) is 23.5. The van der Waals surface area contributed by atoms with Crippen LogP contribution in [0.1, 0.15) is 29.3 Å². The van der Waals surface area contributed by atoms with Gasteiger partial charge in [-0.3, -0.25) is 4.79 Å². The first-order chi connectivity index (χ1) is 11.1. The predicted molar refractivity (Wildman–Crippen MR) is 93.9 cm³/mol. The summed E-state index contributed by atoms with van der Waals surface area (Å²) >= 11 is 1.51. The van der Waals surface area contributed by atoms with E-state index in [2.05, 4.69) is 9.97 Å². The van der Waals surface area contributed by atoms with Gasteiger partial charge in [-0.1, -0.05) is 6.07 Å². The Bertz CT molecular complexity index is 882. The van der Waals surface area contributed by atoms with Crippen LogP contribution in [0.2, 0.25) is 0 Å². The summed E-state index contributed by atoms with van der Waals surface area (Å²) in [5, 5.41) is 1.70. The van der Waals surface area contributed by atoms with E-state index in [9.17, 15) is 4.79 Å². The average molecular weight is 326 g/mol. The molecule has 1 unspecified atom stereocenters. The summed E-state index contributed by atoms with van der Waals surface area (Å²) in [6, 6.07) is 8.03. The monoisotopic (exact) mass is 326 g/mol. The number of anilines is 2. The van der Waals surface area contributed by atoms with Crippen molar-refractivity contribution in [3.63, 3.8) is 0 Å². The van der Waals surface area contributed by atoms with Gasteiger partial charge in [-0.05, 0) is 42.8 Å². The minimum Gasteiger partial charge on any atom is -0.375 e. The lowest BCUT2D eigenvalue weighted by atomic mass is 9.90. The van der Waals surface area contributed by atoms with Gasteiger partial charge in [0, 0.05) is 29.3 Å². The molecule has 1 atom stereocenters. The molecule has 3 N–H and O–H groups in total. The summed E-state index contributed by atoms with van der Waals surface area (Å²) in [6.07, 6.45) is 4.73. The molecule has 6 heteroatoms. The van der Waals surface area contributed by atoms with Crippen LogP contribution in [0.25, 0.3) is 10.9 Å². The number of nitrogens with one attached hydrogen (secondary N) is 1. The third-order valence-corrected chi connectivity index (χ3v) is 5.49. The van der Waals surface area contributed by atoms with Crippen molar-refractivity contribution in [1.29, 1.82) is 0 Å². The molecule has 0 fully saturated rings. The quantitative estimate of drug-likeness (QED) is 0.759. The van der Waals surface area contributed by atoms with E-state index in [-0.39, 0.29) is 11.8 Å². The molecule has 1 amide bonds. The van der Waals surface area contributed by atoms with Crippen LogP contribution >= 0.6 is 11.3 Å². The van der Waals surface area contributed by atoms with E-state index in [0.29, 0.717) is 5.13 Å². The smallest absolute Gasteiger partial charge is 0.235 e. The Morgan fingerprint density at radius 3 is 3.17 bits per heavy atom. The van der Waals surface area contributed by atoms with Crippen molar-refractivity contribution in [1.82, 2.24) is 9.97 Å². The Morgan fingerprint density at radius 2 is 2.30 bits per heavy atom. The molecule has 4 rings (SSSR count). The zero-order chi connectivity index (χ0) is 16.0. The van der Waals surface area contributed by atoms with Gasteiger partial charge in [-0.15, -0.1) is 11.3 Å². The van der Waals surface area contributed by atoms with Crippen LogP contribution in [0.5, 0.6) is 0 Å². The highest BCUT2D eigenvalue weighted by Gasteiger charge is 2.32. The van der Waals surface area contributed by atoms with Crippen LogP contribution in [0, 0.1) is 0 Å². The Morgan fingerprint density at radius 1 is 1.43 bits per heavy atom. The molecule has 2 aromatic heterocycles. The number of hydrogen-bond acceptors (Lipinski definition) is 4. The molecular weight excluding hydrogens is 308 g/mol. The zero-order valence-corrected chi connectivity index (χ0v) is 13.7. The average Bonchev–Trinajstić information content (AvgIpc) is 3.17. The predicted octanol–water partition coefficient (Wildman–Crippen LogP) is 3.29. The van der Waals surface area contributed by atoms with Crippen molar-refractivity contribution >= 4 is 39.0 Å². The fourth-order valence-corrected chi connectivity index (χ4v) is 4.22. The number of H-pyrrole nitrogens is 1. The number of nitrogens with two attached hydrogens (primary N) is 1. The van der Waals surface area contributed by atoms with Gasteiger partial charge in [0.1, 0.15) is 0 Å². The number of carbonyl (C=O) groups is 1. The van der Waals surface area contributed by atoms with Gasteiger partial charge in [-0.2, -0.15) is 0 Å². The van der Waals surface area contributed by atoms with Crippen molar-refractivity contribution in [3.05, 3.63) is 41.0 Å². The number of hydrogen-bond donors (Lipinski definition) is 2. The molecule has 118 valence electrons. The first kappa shape index (κ1) is 14.3. The van der Waals surface area contributed by atoms with Crippen LogP contribution in [0.15, 0.2) is 30.5 Å². The summed E-state index contributed by atoms with van der Waals surface area (Å²) in [5.74, 6) is -0.0983. The normalized spacial score (nSPS) is 17.2. The molecule has 0 saturated heterocycles. The van der Waals surface area contributed by atoms with Crippen LogP contribution in [0.3, 0.4) is 0 Å². The number of aromatic amines is 1. The van der Waals surface area contributed by atoms with E-state index in [1.165, 1.54) is 16.2 Å². The number of benzene rings is 1. The number of rotatable bonds is 2. The van der Waals surface area contributed by atoms with E-state index in [1.807, 2.05) is 37.5 Å². The van der Waals surface area contributed by atoms with E-state index < -0.39 is 0 Å². The van der Waals surface area contributed by atoms with Gasteiger partial charge >= 0.3 is 0 Å². The molecule has 2 heterocycles. The molecule has 3 aromatic rings. The Labute approximate surface area is 138 Å². The number of thiazole rings is 1. The van der Waals surface area contributed by atoms with Crippen LogP contribution in [-0.2, 0) is 11.2 Å². The van der Waals surface area contributed by atoms with Gasteiger partial charge in [0.05, 0.1) is 11.6 Å².